The highest BCUT2D eigenvalue weighted by molar-refractivity contribution is 7.99. The molecule has 0 spiro atoms. The number of nitrogens with one attached hydrogen (secondary N) is 1. The maximum atomic E-state index is 12.8. The molecule has 2 aliphatic heterocycles. The van der Waals surface area contributed by atoms with Gasteiger partial charge in [0.2, 0.25) is 6.79 Å². The second-order valence-electron chi connectivity index (χ2n) is 5.69. The highest BCUT2D eigenvalue weighted by atomic mass is 32.2. The van der Waals surface area contributed by atoms with Gasteiger partial charge in [0.1, 0.15) is 11.1 Å². The van der Waals surface area contributed by atoms with E-state index in [9.17, 15) is 4.79 Å². The van der Waals surface area contributed by atoms with Gasteiger partial charge < -0.3 is 24.4 Å². The molecule has 7 heteroatoms. The van der Waals surface area contributed by atoms with E-state index in [-0.39, 0.29) is 18.2 Å². The number of carbonyl (C=O) groups excluding carboxylic acids is 1. The molecule has 2 amide bonds. The lowest BCUT2D eigenvalue weighted by molar-refractivity contribution is 0.174. The van der Waals surface area contributed by atoms with Crippen LogP contribution in [0.5, 0.6) is 17.2 Å². The molecule has 1 unspecified atom stereocenters. The lowest BCUT2D eigenvalue weighted by atomic mass is 10.2. The van der Waals surface area contributed by atoms with Gasteiger partial charge in [-0.3, -0.25) is 0 Å². The van der Waals surface area contributed by atoms with Crippen molar-refractivity contribution in [1.29, 1.82) is 0 Å². The molecule has 2 aromatic rings. The Bertz CT molecular complexity index is 798. The second kappa shape index (κ2) is 6.76. The molecule has 6 nitrogen and oxygen atoms in total. The number of amides is 2. The van der Waals surface area contributed by atoms with E-state index in [1.165, 1.54) is 0 Å². The van der Waals surface area contributed by atoms with Crippen molar-refractivity contribution in [3.8, 4) is 17.2 Å². The first kappa shape index (κ1) is 16.0. The van der Waals surface area contributed by atoms with E-state index in [0.717, 1.165) is 17.1 Å². The largest absolute Gasteiger partial charge is 0.497 e. The van der Waals surface area contributed by atoms with E-state index in [1.54, 1.807) is 31.0 Å². The van der Waals surface area contributed by atoms with E-state index in [0.29, 0.717) is 23.7 Å². The first-order chi connectivity index (χ1) is 12.2. The maximum Gasteiger partial charge on any atom is 0.323 e. The van der Waals surface area contributed by atoms with Crippen molar-refractivity contribution in [2.24, 2.45) is 0 Å². The van der Waals surface area contributed by atoms with Crippen LogP contribution in [0, 0.1) is 0 Å². The minimum absolute atomic E-state index is 0.0240. The Kier molecular flexibility index (Phi) is 4.31. The van der Waals surface area contributed by atoms with E-state index >= 15 is 0 Å². The summed E-state index contributed by atoms with van der Waals surface area (Å²) < 4.78 is 15.9. The highest BCUT2D eigenvalue weighted by Gasteiger charge is 2.31. The molecule has 2 aliphatic rings. The van der Waals surface area contributed by atoms with Crippen LogP contribution in [0.1, 0.15) is 10.9 Å². The Balaban J connectivity index is 1.50. The molecule has 0 aliphatic carbocycles. The van der Waals surface area contributed by atoms with Crippen molar-refractivity contribution in [3.05, 3.63) is 48.0 Å². The molecule has 1 N–H and O–H groups in total. The Morgan fingerprint density at radius 3 is 3.00 bits per heavy atom. The minimum atomic E-state index is -0.128. The summed E-state index contributed by atoms with van der Waals surface area (Å²) in [6.45, 7) is 0.913. The maximum absolute atomic E-state index is 12.8. The number of benzene rings is 2. The molecule has 0 radical (unpaired) electrons. The van der Waals surface area contributed by atoms with Crippen molar-refractivity contribution in [1.82, 2.24) is 4.90 Å². The van der Waals surface area contributed by atoms with E-state index in [2.05, 4.69) is 5.32 Å². The van der Waals surface area contributed by atoms with Crippen molar-refractivity contribution in [3.63, 3.8) is 0 Å². The van der Waals surface area contributed by atoms with Crippen molar-refractivity contribution < 1.29 is 19.0 Å². The van der Waals surface area contributed by atoms with Gasteiger partial charge in [0.15, 0.2) is 11.5 Å². The first-order valence-corrected chi connectivity index (χ1v) is 9.02. The summed E-state index contributed by atoms with van der Waals surface area (Å²) in [6.07, 6.45) is 0. The van der Waals surface area contributed by atoms with Gasteiger partial charge in [-0.2, -0.15) is 0 Å². The molecule has 0 saturated carbocycles. The predicted octanol–water partition coefficient (Wildman–Crippen LogP) is 3.70. The zero-order valence-electron chi connectivity index (χ0n) is 13.7. The van der Waals surface area contributed by atoms with Crippen LogP contribution in [-0.2, 0) is 0 Å². The van der Waals surface area contributed by atoms with Crippen LogP contribution in [0.4, 0.5) is 10.5 Å². The molecular formula is C18H18N2O4S. The summed E-state index contributed by atoms with van der Waals surface area (Å²) >= 11 is 1.75. The van der Waals surface area contributed by atoms with E-state index in [1.807, 2.05) is 35.2 Å². The number of nitrogens with zero attached hydrogens (tertiary/aromatic N) is 1. The molecular weight excluding hydrogens is 340 g/mol. The topological polar surface area (TPSA) is 60.0 Å². The standard InChI is InChI=1S/C18H18N2O4S/c1-22-14-4-2-3-12(9-14)17-20(7-8-25-17)18(21)19-13-5-6-15-16(10-13)24-11-23-15/h2-6,9-10,17H,7-8,11H2,1H3,(H,19,21). The third-order valence-electron chi connectivity index (χ3n) is 4.15. The zero-order chi connectivity index (χ0) is 17.2. The van der Waals surface area contributed by atoms with Crippen LogP contribution in [0.3, 0.4) is 0 Å². The third-order valence-corrected chi connectivity index (χ3v) is 5.42. The van der Waals surface area contributed by atoms with Gasteiger partial charge in [-0.25, -0.2) is 4.79 Å². The third kappa shape index (κ3) is 3.19. The Labute approximate surface area is 150 Å². The van der Waals surface area contributed by atoms with Crippen molar-refractivity contribution in [2.45, 2.75) is 5.37 Å². The molecule has 130 valence electrons. The fraction of sp³-hybridized carbons (Fsp3) is 0.278. The number of methoxy groups -OCH3 is 1. The Hall–Kier alpha value is -2.54. The van der Waals surface area contributed by atoms with Crippen LogP contribution in [0.2, 0.25) is 0 Å². The number of hydrogen-bond donors (Lipinski definition) is 1. The lowest BCUT2D eigenvalue weighted by Crippen LogP contribution is -2.34. The van der Waals surface area contributed by atoms with Gasteiger partial charge in [0, 0.05) is 24.1 Å². The average Bonchev–Trinajstić information content (AvgIpc) is 3.30. The predicted molar refractivity (Wildman–Crippen MR) is 96.5 cm³/mol. The number of anilines is 1. The fourth-order valence-corrected chi connectivity index (χ4v) is 4.16. The average molecular weight is 358 g/mol. The molecule has 0 aromatic heterocycles. The molecule has 4 rings (SSSR count). The van der Waals surface area contributed by atoms with Gasteiger partial charge in [0.25, 0.3) is 0 Å². The number of urea groups is 1. The summed E-state index contributed by atoms with van der Waals surface area (Å²) in [5.41, 5.74) is 1.75. The van der Waals surface area contributed by atoms with Crippen molar-refractivity contribution >= 4 is 23.5 Å². The van der Waals surface area contributed by atoms with Gasteiger partial charge >= 0.3 is 6.03 Å². The quantitative estimate of drug-likeness (QED) is 0.906. The second-order valence-corrected chi connectivity index (χ2v) is 6.88. The van der Waals surface area contributed by atoms with Crippen LogP contribution in [-0.4, -0.2) is 37.1 Å². The number of carbonyl (C=O) groups is 1. The van der Waals surface area contributed by atoms with Crippen LogP contribution in [0.25, 0.3) is 0 Å². The molecule has 0 bridgehead atoms. The van der Waals surface area contributed by atoms with E-state index in [4.69, 9.17) is 14.2 Å². The van der Waals surface area contributed by atoms with Gasteiger partial charge in [-0.15, -0.1) is 11.8 Å². The smallest absolute Gasteiger partial charge is 0.323 e. The van der Waals surface area contributed by atoms with Crippen LogP contribution in [0.15, 0.2) is 42.5 Å². The summed E-state index contributed by atoms with van der Waals surface area (Å²) in [5, 5.41) is 2.92. The monoisotopic (exact) mass is 358 g/mol. The molecule has 1 atom stereocenters. The zero-order valence-corrected chi connectivity index (χ0v) is 14.5. The first-order valence-electron chi connectivity index (χ1n) is 7.97. The fourth-order valence-electron chi connectivity index (χ4n) is 2.92. The summed E-state index contributed by atoms with van der Waals surface area (Å²) in [5.74, 6) is 3.04. The Morgan fingerprint density at radius 1 is 1.24 bits per heavy atom. The van der Waals surface area contributed by atoms with Gasteiger partial charge in [-0.05, 0) is 29.8 Å². The highest BCUT2D eigenvalue weighted by Crippen LogP contribution is 2.39. The van der Waals surface area contributed by atoms with Gasteiger partial charge in [-0.1, -0.05) is 12.1 Å². The number of thioether (sulfide) groups is 1. The molecule has 2 heterocycles. The Morgan fingerprint density at radius 2 is 2.12 bits per heavy atom. The van der Waals surface area contributed by atoms with Crippen LogP contribution < -0.4 is 19.5 Å². The SMILES string of the molecule is COc1cccc(C2SCCN2C(=O)Nc2ccc3c(c2)OCO3)c1. The summed E-state index contributed by atoms with van der Waals surface area (Å²) in [7, 11) is 1.64. The number of ether oxygens (including phenoxy) is 3. The lowest BCUT2D eigenvalue weighted by Gasteiger charge is -2.24. The number of rotatable bonds is 3. The van der Waals surface area contributed by atoms with Crippen LogP contribution >= 0.6 is 11.8 Å². The summed E-state index contributed by atoms with van der Waals surface area (Å²) in [4.78, 5) is 14.6. The molecule has 1 fully saturated rings. The molecule has 25 heavy (non-hydrogen) atoms. The molecule has 2 aromatic carbocycles. The minimum Gasteiger partial charge on any atom is -0.497 e. The van der Waals surface area contributed by atoms with Crippen molar-refractivity contribution in [2.75, 3.05) is 31.5 Å². The number of fused-ring (bicyclic) bond motifs is 1. The summed E-state index contributed by atoms with van der Waals surface area (Å²) in [6, 6.07) is 13.1. The van der Waals surface area contributed by atoms with Gasteiger partial charge in [0.05, 0.1) is 7.11 Å². The number of hydrogen-bond acceptors (Lipinski definition) is 5. The van der Waals surface area contributed by atoms with E-state index < -0.39 is 0 Å². The molecule has 1 saturated heterocycles. The normalized spacial score (nSPS) is 18.3.